The van der Waals surface area contributed by atoms with Crippen molar-refractivity contribution in [2.24, 2.45) is 0 Å². The van der Waals surface area contributed by atoms with E-state index < -0.39 is 0 Å². The lowest BCUT2D eigenvalue weighted by molar-refractivity contribution is -0.107. The van der Waals surface area contributed by atoms with Crippen molar-refractivity contribution in [3.05, 3.63) is 23.8 Å². The molecule has 0 aliphatic rings. The molecule has 0 saturated heterocycles. The minimum absolute atomic E-state index is 0.182. The van der Waals surface area contributed by atoms with Crippen LogP contribution in [0.25, 0.3) is 0 Å². The molecule has 3 heteroatoms. The zero-order valence-electron chi connectivity index (χ0n) is 7.49. The van der Waals surface area contributed by atoms with Gasteiger partial charge < -0.3 is 14.6 Å². The molecule has 0 radical (unpaired) electrons. The van der Waals surface area contributed by atoms with Crippen LogP contribution in [0, 0.1) is 0 Å². The maximum Gasteiger partial charge on any atom is 0.122 e. The van der Waals surface area contributed by atoms with Gasteiger partial charge in [0.25, 0.3) is 0 Å². The highest BCUT2D eigenvalue weighted by molar-refractivity contribution is 5.51. The molecular formula is C10H12O3. The smallest absolute Gasteiger partial charge is 0.122 e. The van der Waals surface area contributed by atoms with Crippen LogP contribution in [-0.4, -0.2) is 18.5 Å². The second kappa shape index (κ2) is 4.50. The molecule has 0 fully saturated rings. The first kappa shape index (κ1) is 9.58. The van der Waals surface area contributed by atoms with E-state index >= 15 is 0 Å². The summed E-state index contributed by atoms with van der Waals surface area (Å²) in [7, 11) is 1.54. The van der Waals surface area contributed by atoms with E-state index in [1.165, 1.54) is 0 Å². The molecule has 1 rings (SSSR count). The SMILES string of the molecule is COc1ccc(CCC=O)c(O)c1. The molecule has 0 spiro atoms. The number of carbonyl (C=O) groups is 1. The largest absolute Gasteiger partial charge is 0.508 e. The van der Waals surface area contributed by atoms with Crippen molar-refractivity contribution >= 4 is 6.29 Å². The first-order valence-electron chi connectivity index (χ1n) is 4.07. The van der Waals surface area contributed by atoms with Crippen LogP contribution in [0.5, 0.6) is 11.5 Å². The van der Waals surface area contributed by atoms with Gasteiger partial charge in [0, 0.05) is 12.5 Å². The van der Waals surface area contributed by atoms with Gasteiger partial charge in [-0.05, 0) is 18.1 Å². The molecule has 0 unspecified atom stereocenters. The van der Waals surface area contributed by atoms with Gasteiger partial charge in [-0.15, -0.1) is 0 Å². The van der Waals surface area contributed by atoms with Crippen LogP contribution >= 0.6 is 0 Å². The number of phenolic OH excluding ortho intramolecular Hbond substituents is 1. The van der Waals surface area contributed by atoms with E-state index in [9.17, 15) is 9.90 Å². The van der Waals surface area contributed by atoms with Crippen molar-refractivity contribution in [1.82, 2.24) is 0 Å². The number of methoxy groups -OCH3 is 1. The predicted octanol–water partition coefficient (Wildman–Crippen LogP) is 1.53. The zero-order chi connectivity index (χ0) is 9.68. The number of hydrogen-bond donors (Lipinski definition) is 1. The van der Waals surface area contributed by atoms with E-state index in [2.05, 4.69) is 0 Å². The Morgan fingerprint density at radius 1 is 1.54 bits per heavy atom. The van der Waals surface area contributed by atoms with E-state index in [1.807, 2.05) is 0 Å². The average molecular weight is 180 g/mol. The summed E-state index contributed by atoms with van der Waals surface area (Å²) < 4.78 is 4.92. The second-order valence-corrected chi connectivity index (χ2v) is 2.70. The summed E-state index contributed by atoms with van der Waals surface area (Å²) >= 11 is 0. The lowest BCUT2D eigenvalue weighted by Gasteiger charge is -2.04. The van der Waals surface area contributed by atoms with Crippen molar-refractivity contribution in [2.75, 3.05) is 7.11 Å². The standard InChI is InChI=1S/C10H12O3/c1-13-9-5-4-8(3-2-6-11)10(12)7-9/h4-7,12H,2-3H2,1H3. The number of carbonyl (C=O) groups excluding carboxylic acids is 1. The van der Waals surface area contributed by atoms with Gasteiger partial charge in [-0.3, -0.25) is 0 Å². The molecular weight excluding hydrogens is 168 g/mol. The molecule has 1 aromatic rings. The average Bonchev–Trinajstić information content (AvgIpc) is 2.16. The van der Waals surface area contributed by atoms with Crippen molar-refractivity contribution in [1.29, 1.82) is 0 Å². The van der Waals surface area contributed by atoms with Gasteiger partial charge >= 0.3 is 0 Å². The fourth-order valence-electron chi connectivity index (χ4n) is 1.10. The summed E-state index contributed by atoms with van der Waals surface area (Å²) in [5.41, 5.74) is 0.771. The van der Waals surface area contributed by atoms with Gasteiger partial charge in [0.15, 0.2) is 0 Å². The lowest BCUT2D eigenvalue weighted by atomic mass is 10.1. The molecule has 70 valence electrons. The molecule has 0 bridgehead atoms. The Morgan fingerprint density at radius 2 is 2.31 bits per heavy atom. The van der Waals surface area contributed by atoms with Crippen molar-refractivity contribution in [3.63, 3.8) is 0 Å². The fraction of sp³-hybridized carbons (Fsp3) is 0.300. The molecule has 0 atom stereocenters. The quantitative estimate of drug-likeness (QED) is 0.715. The van der Waals surface area contributed by atoms with Crippen LogP contribution in [0.4, 0.5) is 0 Å². The third kappa shape index (κ3) is 2.47. The number of rotatable bonds is 4. The predicted molar refractivity (Wildman–Crippen MR) is 49.0 cm³/mol. The number of aromatic hydroxyl groups is 1. The second-order valence-electron chi connectivity index (χ2n) is 2.70. The number of ether oxygens (including phenoxy) is 1. The monoisotopic (exact) mass is 180 g/mol. The Morgan fingerprint density at radius 3 is 2.85 bits per heavy atom. The summed E-state index contributed by atoms with van der Waals surface area (Å²) in [4.78, 5) is 10.1. The number of benzene rings is 1. The fourth-order valence-corrected chi connectivity index (χ4v) is 1.10. The van der Waals surface area contributed by atoms with E-state index in [-0.39, 0.29) is 5.75 Å². The summed E-state index contributed by atoms with van der Waals surface area (Å²) in [5.74, 6) is 0.800. The topological polar surface area (TPSA) is 46.5 Å². The number of hydrogen-bond acceptors (Lipinski definition) is 3. The van der Waals surface area contributed by atoms with Crippen molar-refractivity contribution in [2.45, 2.75) is 12.8 Å². The molecule has 0 amide bonds. The minimum Gasteiger partial charge on any atom is -0.508 e. The molecule has 0 saturated carbocycles. The highest BCUT2D eigenvalue weighted by Gasteiger charge is 2.01. The Kier molecular flexibility index (Phi) is 3.31. The number of aryl methyl sites for hydroxylation is 1. The maximum atomic E-state index is 10.1. The van der Waals surface area contributed by atoms with E-state index in [0.29, 0.717) is 18.6 Å². The van der Waals surface area contributed by atoms with Crippen molar-refractivity contribution in [3.8, 4) is 11.5 Å². The first-order valence-corrected chi connectivity index (χ1v) is 4.07. The number of phenols is 1. The summed E-state index contributed by atoms with van der Waals surface area (Å²) in [6.45, 7) is 0. The van der Waals surface area contributed by atoms with Crippen LogP contribution in [-0.2, 0) is 11.2 Å². The van der Waals surface area contributed by atoms with Crippen LogP contribution in [0.15, 0.2) is 18.2 Å². The summed E-state index contributed by atoms with van der Waals surface area (Å²) in [5, 5.41) is 9.45. The van der Waals surface area contributed by atoms with E-state index in [1.54, 1.807) is 25.3 Å². The van der Waals surface area contributed by atoms with Crippen LogP contribution < -0.4 is 4.74 Å². The van der Waals surface area contributed by atoms with E-state index in [0.717, 1.165) is 11.8 Å². The highest BCUT2D eigenvalue weighted by Crippen LogP contribution is 2.23. The highest BCUT2D eigenvalue weighted by atomic mass is 16.5. The third-order valence-corrected chi connectivity index (χ3v) is 1.82. The molecule has 3 nitrogen and oxygen atoms in total. The molecule has 0 aromatic heterocycles. The van der Waals surface area contributed by atoms with Crippen LogP contribution in [0.1, 0.15) is 12.0 Å². The van der Waals surface area contributed by atoms with Gasteiger partial charge in [0.2, 0.25) is 0 Å². The molecule has 0 aliphatic heterocycles. The third-order valence-electron chi connectivity index (χ3n) is 1.82. The van der Waals surface area contributed by atoms with Gasteiger partial charge in [-0.25, -0.2) is 0 Å². The Labute approximate surface area is 77.0 Å². The maximum absolute atomic E-state index is 10.1. The van der Waals surface area contributed by atoms with Crippen LogP contribution in [0.2, 0.25) is 0 Å². The Bertz CT molecular complexity index is 294. The van der Waals surface area contributed by atoms with Crippen LogP contribution in [0.3, 0.4) is 0 Å². The van der Waals surface area contributed by atoms with Gasteiger partial charge in [0.1, 0.15) is 17.8 Å². The van der Waals surface area contributed by atoms with Gasteiger partial charge in [0.05, 0.1) is 7.11 Å². The van der Waals surface area contributed by atoms with Crippen molar-refractivity contribution < 1.29 is 14.6 Å². The molecule has 1 N–H and O–H groups in total. The van der Waals surface area contributed by atoms with Gasteiger partial charge in [-0.2, -0.15) is 0 Å². The molecule has 13 heavy (non-hydrogen) atoms. The normalized spacial score (nSPS) is 9.62. The molecule has 1 aromatic carbocycles. The number of aldehydes is 1. The first-order chi connectivity index (χ1) is 6.27. The van der Waals surface area contributed by atoms with Gasteiger partial charge in [-0.1, -0.05) is 6.07 Å². The lowest BCUT2D eigenvalue weighted by Crippen LogP contribution is -1.88. The Balaban J connectivity index is 2.78. The van der Waals surface area contributed by atoms with E-state index in [4.69, 9.17) is 4.74 Å². The molecule has 0 heterocycles. The Hall–Kier alpha value is -1.51. The minimum atomic E-state index is 0.182. The molecule has 0 aliphatic carbocycles. The summed E-state index contributed by atoms with van der Waals surface area (Å²) in [6.07, 6.45) is 1.84. The zero-order valence-corrected chi connectivity index (χ0v) is 7.49. The summed E-state index contributed by atoms with van der Waals surface area (Å²) in [6, 6.07) is 5.07.